The molecule has 1 aromatic heterocycles. The van der Waals surface area contributed by atoms with E-state index in [1.807, 2.05) is 55.5 Å². The van der Waals surface area contributed by atoms with Crippen molar-refractivity contribution in [2.45, 2.75) is 19.8 Å². The average Bonchev–Trinajstić information content (AvgIpc) is 3.29. The van der Waals surface area contributed by atoms with E-state index in [4.69, 9.17) is 0 Å². The molecule has 0 saturated carbocycles. The Morgan fingerprint density at radius 3 is 2.32 bits per heavy atom. The molecule has 0 spiro atoms. The van der Waals surface area contributed by atoms with Crippen LogP contribution in [-0.4, -0.2) is 31.5 Å². The molecule has 4 rings (SSSR count). The maximum atomic E-state index is 12.3. The second-order valence-corrected chi connectivity index (χ2v) is 8.98. The van der Waals surface area contributed by atoms with Crippen molar-refractivity contribution in [2.75, 3.05) is 28.0 Å². The van der Waals surface area contributed by atoms with Gasteiger partial charge in [-0.2, -0.15) is 0 Å². The minimum atomic E-state index is -3.60. The lowest BCUT2D eigenvalue weighted by Crippen LogP contribution is -2.19. The highest BCUT2D eigenvalue weighted by Gasteiger charge is 2.15. The quantitative estimate of drug-likeness (QED) is 0.566. The minimum absolute atomic E-state index is 0.486. The molecule has 8 heteroatoms. The second-order valence-electron chi connectivity index (χ2n) is 7.42. The molecule has 0 aliphatic carbocycles. The smallest absolute Gasteiger partial charge is 0.255 e. The average molecular weight is 436 g/mol. The van der Waals surface area contributed by atoms with Gasteiger partial charge >= 0.3 is 0 Å². The summed E-state index contributed by atoms with van der Waals surface area (Å²) in [6.45, 7) is 3.92. The SMILES string of the molecule is Cc1nc(Nc2ccc(NS(=O)(=O)/C=C/c3ccccc3)cc2)cc(N2CCCC2)n1. The van der Waals surface area contributed by atoms with Crippen LogP contribution in [0, 0.1) is 6.92 Å². The lowest BCUT2D eigenvalue weighted by Gasteiger charge is -2.18. The summed E-state index contributed by atoms with van der Waals surface area (Å²) in [6.07, 6.45) is 3.93. The minimum Gasteiger partial charge on any atom is -0.356 e. The molecule has 1 saturated heterocycles. The van der Waals surface area contributed by atoms with Crippen LogP contribution in [0.1, 0.15) is 24.2 Å². The van der Waals surface area contributed by atoms with E-state index in [0.717, 1.165) is 35.6 Å². The molecular formula is C23H25N5O2S. The standard InChI is InChI=1S/C23H25N5O2S/c1-18-24-22(17-23(25-18)28-14-5-6-15-28)26-20-9-11-21(12-10-20)27-31(29,30)16-13-19-7-3-2-4-8-19/h2-4,7-13,16-17,27H,5-6,14-15H2,1H3,(H,24,25,26)/b16-13+. The largest absolute Gasteiger partial charge is 0.356 e. The number of aryl methyl sites for hydroxylation is 1. The third kappa shape index (κ3) is 5.82. The maximum absolute atomic E-state index is 12.3. The van der Waals surface area contributed by atoms with Crippen LogP contribution >= 0.6 is 0 Å². The molecule has 1 fully saturated rings. The summed E-state index contributed by atoms with van der Waals surface area (Å²) in [5.41, 5.74) is 2.12. The van der Waals surface area contributed by atoms with E-state index in [1.165, 1.54) is 12.8 Å². The summed E-state index contributed by atoms with van der Waals surface area (Å²) in [7, 11) is -3.60. The number of rotatable bonds is 7. The lowest BCUT2D eigenvalue weighted by molar-refractivity contribution is 0.609. The number of hydrogen-bond acceptors (Lipinski definition) is 6. The Labute approximate surface area is 182 Å². The fourth-order valence-corrected chi connectivity index (χ4v) is 4.29. The Morgan fingerprint density at radius 1 is 0.935 bits per heavy atom. The Hall–Kier alpha value is -3.39. The van der Waals surface area contributed by atoms with Crippen LogP contribution in [0.15, 0.2) is 66.1 Å². The molecular weight excluding hydrogens is 410 g/mol. The fourth-order valence-electron chi connectivity index (χ4n) is 3.42. The van der Waals surface area contributed by atoms with E-state index in [9.17, 15) is 8.42 Å². The highest BCUT2D eigenvalue weighted by molar-refractivity contribution is 7.95. The van der Waals surface area contributed by atoms with Gasteiger partial charge in [0.15, 0.2) is 0 Å². The molecule has 1 aliphatic heterocycles. The maximum Gasteiger partial charge on any atom is 0.255 e. The van der Waals surface area contributed by atoms with Gasteiger partial charge in [0.25, 0.3) is 10.0 Å². The molecule has 3 aromatic rings. The van der Waals surface area contributed by atoms with Crippen molar-refractivity contribution in [2.24, 2.45) is 0 Å². The number of hydrogen-bond donors (Lipinski definition) is 2. The van der Waals surface area contributed by atoms with Crippen molar-refractivity contribution in [1.82, 2.24) is 9.97 Å². The zero-order chi connectivity index (χ0) is 21.7. The molecule has 31 heavy (non-hydrogen) atoms. The predicted octanol–water partition coefficient (Wildman–Crippen LogP) is 4.54. The van der Waals surface area contributed by atoms with E-state index in [2.05, 4.69) is 24.9 Å². The van der Waals surface area contributed by atoms with Gasteiger partial charge in [-0.3, -0.25) is 4.72 Å². The van der Waals surface area contributed by atoms with Gasteiger partial charge in [0, 0.05) is 30.5 Å². The van der Waals surface area contributed by atoms with Gasteiger partial charge in [-0.05, 0) is 55.7 Å². The molecule has 2 heterocycles. The Morgan fingerprint density at radius 2 is 1.61 bits per heavy atom. The number of anilines is 4. The molecule has 2 aromatic carbocycles. The van der Waals surface area contributed by atoms with Crippen molar-refractivity contribution in [3.63, 3.8) is 0 Å². The van der Waals surface area contributed by atoms with E-state index < -0.39 is 10.0 Å². The van der Waals surface area contributed by atoms with Crippen molar-refractivity contribution in [3.05, 3.63) is 77.5 Å². The van der Waals surface area contributed by atoms with Crippen molar-refractivity contribution >= 4 is 39.1 Å². The molecule has 0 amide bonds. The molecule has 7 nitrogen and oxygen atoms in total. The topological polar surface area (TPSA) is 87.2 Å². The third-order valence-corrected chi connectivity index (χ3v) is 5.93. The monoisotopic (exact) mass is 435 g/mol. The molecule has 0 atom stereocenters. The van der Waals surface area contributed by atoms with Gasteiger partial charge in [-0.1, -0.05) is 30.3 Å². The van der Waals surface area contributed by atoms with Crippen LogP contribution in [0.3, 0.4) is 0 Å². The van der Waals surface area contributed by atoms with Gasteiger partial charge in [-0.25, -0.2) is 18.4 Å². The summed E-state index contributed by atoms with van der Waals surface area (Å²) >= 11 is 0. The lowest BCUT2D eigenvalue weighted by atomic mass is 10.2. The molecule has 0 unspecified atom stereocenters. The van der Waals surface area contributed by atoms with Crippen LogP contribution in [0.4, 0.5) is 23.0 Å². The number of benzene rings is 2. The molecule has 0 bridgehead atoms. The van der Waals surface area contributed by atoms with Crippen LogP contribution in [0.5, 0.6) is 0 Å². The highest BCUT2D eigenvalue weighted by atomic mass is 32.2. The Bertz CT molecular complexity index is 1160. The molecule has 2 N–H and O–H groups in total. The van der Waals surface area contributed by atoms with Crippen LogP contribution in [0.2, 0.25) is 0 Å². The van der Waals surface area contributed by atoms with E-state index in [1.54, 1.807) is 18.2 Å². The summed E-state index contributed by atoms with van der Waals surface area (Å²) < 4.78 is 27.2. The predicted molar refractivity (Wildman–Crippen MR) is 126 cm³/mol. The first kappa shape index (κ1) is 20.9. The molecule has 0 radical (unpaired) electrons. The summed E-state index contributed by atoms with van der Waals surface area (Å²) in [4.78, 5) is 11.3. The Kier molecular flexibility index (Phi) is 6.18. The number of nitrogens with zero attached hydrogens (tertiary/aromatic N) is 3. The van der Waals surface area contributed by atoms with Gasteiger partial charge < -0.3 is 10.2 Å². The summed E-state index contributed by atoms with van der Waals surface area (Å²) in [6, 6.07) is 18.3. The van der Waals surface area contributed by atoms with Gasteiger partial charge in [0.2, 0.25) is 0 Å². The van der Waals surface area contributed by atoms with Crippen molar-refractivity contribution < 1.29 is 8.42 Å². The third-order valence-electron chi connectivity index (χ3n) is 4.91. The summed E-state index contributed by atoms with van der Waals surface area (Å²) in [5, 5.41) is 4.44. The molecule has 160 valence electrons. The Balaban J connectivity index is 1.42. The second kappa shape index (κ2) is 9.18. The number of aromatic nitrogens is 2. The van der Waals surface area contributed by atoms with Crippen LogP contribution in [0.25, 0.3) is 6.08 Å². The first-order valence-electron chi connectivity index (χ1n) is 10.2. The van der Waals surface area contributed by atoms with E-state index in [-0.39, 0.29) is 0 Å². The number of sulfonamides is 1. The first-order chi connectivity index (χ1) is 15.0. The number of nitrogens with one attached hydrogen (secondary N) is 2. The van der Waals surface area contributed by atoms with Gasteiger partial charge in [0.05, 0.1) is 5.41 Å². The van der Waals surface area contributed by atoms with Crippen LogP contribution < -0.4 is 14.9 Å². The normalized spacial score (nSPS) is 14.2. The molecule has 1 aliphatic rings. The van der Waals surface area contributed by atoms with Crippen molar-refractivity contribution in [3.8, 4) is 0 Å². The zero-order valence-corrected chi connectivity index (χ0v) is 18.1. The van der Waals surface area contributed by atoms with Gasteiger partial charge in [0.1, 0.15) is 17.5 Å². The highest BCUT2D eigenvalue weighted by Crippen LogP contribution is 2.24. The van der Waals surface area contributed by atoms with E-state index >= 15 is 0 Å². The van der Waals surface area contributed by atoms with Gasteiger partial charge in [-0.15, -0.1) is 0 Å². The first-order valence-corrected chi connectivity index (χ1v) is 11.8. The van der Waals surface area contributed by atoms with Crippen molar-refractivity contribution in [1.29, 1.82) is 0 Å². The van der Waals surface area contributed by atoms with E-state index in [0.29, 0.717) is 17.3 Å². The summed E-state index contributed by atoms with van der Waals surface area (Å²) in [5.74, 6) is 2.36. The zero-order valence-electron chi connectivity index (χ0n) is 17.3. The van der Waals surface area contributed by atoms with Crippen LogP contribution in [-0.2, 0) is 10.0 Å². The fraction of sp³-hybridized carbons (Fsp3) is 0.217.